The summed E-state index contributed by atoms with van der Waals surface area (Å²) in [6.45, 7) is 1.39. The molecule has 1 saturated heterocycles. The van der Waals surface area contributed by atoms with E-state index >= 15 is 0 Å². The molecule has 0 spiro atoms. The lowest BCUT2D eigenvalue weighted by Crippen LogP contribution is -2.50. The molecule has 112 valence electrons. The van der Waals surface area contributed by atoms with E-state index in [-0.39, 0.29) is 12.6 Å². The lowest BCUT2D eigenvalue weighted by Gasteiger charge is -2.34. The summed E-state index contributed by atoms with van der Waals surface area (Å²) in [5.74, 6) is 0. The van der Waals surface area contributed by atoms with Crippen LogP contribution in [0.25, 0.3) is 0 Å². The van der Waals surface area contributed by atoms with Crippen LogP contribution in [0.5, 0.6) is 0 Å². The molecular weight excluding hydrogens is 310 g/mol. The van der Waals surface area contributed by atoms with Gasteiger partial charge in [0, 0.05) is 30.7 Å². The summed E-state index contributed by atoms with van der Waals surface area (Å²) in [4.78, 5) is 0. The summed E-state index contributed by atoms with van der Waals surface area (Å²) in [5, 5.41) is 9.43. The van der Waals surface area contributed by atoms with E-state index in [0.717, 1.165) is 24.8 Å². The fourth-order valence-electron chi connectivity index (χ4n) is 2.69. The predicted octanol–water partition coefficient (Wildman–Crippen LogP) is 2.13. The van der Waals surface area contributed by atoms with Crippen LogP contribution in [0.3, 0.4) is 0 Å². The summed E-state index contributed by atoms with van der Waals surface area (Å²) < 4.78 is 28.3. The van der Waals surface area contributed by atoms with Gasteiger partial charge < -0.3 is 0 Å². The first-order valence-electron chi connectivity index (χ1n) is 6.97. The van der Waals surface area contributed by atoms with E-state index in [0.29, 0.717) is 23.7 Å². The highest BCUT2D eigenvalue weighted by Gasteiger charge is 2.42. The average molecular weight is 326 g/mol. The van der Waals surface area contributed by atoms with Gasteiger partial charge in [0.15, 0.2) is 0 Å². The SMILES string of the molecule is N#Cc1cc(Cl)cc(CN2CCCN(C3CC3)S2(=O)=O)c1. The van der Waals surface area contributed by atoms with Crippen molar-refractivity contribution in [2.24, 2.45) is 0 Å². The third-order valence-corrected chi connectivity index (χ3v) is 6.06. The molecule has 1 aromatic carbocycles. The zero-order valence-electron chi connectivity index (χ0n) is 11.5. The average Bonchev–Trinajstić information content (AvgIpc) is 3.24. The van der Waals surface area contributed by atoms with Crippen LogP contribution in [0.15, 0.2) is 18.2 Å². The van der Waals surface area contributed by atoms with Crippen molar-refractivity contribution >= 4 is 21.8 Å². The summed E-state index contributed by atoms with van der Waals surface area (Å²) in [5.41, 5.74) is 1.20. The molecule has 0 bridgehead atoms. The van der Waals surface area contributed by atoms with Crippen molar-refractivity contribution < 1.29 is 8.42 Å². The maximum absolute atomic E-state index is 12.6. The number of benzene rings is 1. The largest absolute Gasteiger partial charge is 0.282 e. The maximum atomic E-state index is 12.6. The van der Waals surface area contributed by atoms with Crippen molar-refractivity contribution in [1.29, 1.82) is 5.26 Å². The van der Waals surface area contributed by atoms with Gasteiger partial charge in [0.2, 0.25) is 0 Å². The van der Waals surface area contributed by atoms with Crippen molar-refractivity contribution in [3.63, 3.8) is 0 Å². The normalized spacial score (nSPS) is 22.9. The topological polar surface area (TPSA) is 64.4 Å². The van der Waals surface area contributed by atoms with Gasteiger partial charge in [-0.1, -0.05) is 11.6 Å². The number of hydrogen-bond donors (Lipinski definition) is 0. The zero-order chi connectivity index (χ0) is 15.0. The fourth-order valence-corrected chi connectivity index (χ4v) is 4.86. The molecule has 2 aliphatic rings. The lowest BCUT2D eigenvalue weighted by molar-refractivity contribution is 0.275. The molecule has 0 atom stereocenters. The molecule has 1 aromatic rings. The van der Waals surface area contributed by atoms with E-state index < -0.39 is 10.2 Å². The van der Waals surface area contributed by atoms with Gasteiger partial charge in [-0.2, -0.15) is 22.3 Å². The van der Waals surface area contributed by atoms with Crippen molar-refractivity contribution in [3.8, 4) is 6.07 Å². The number of nitriles is 1. The Morgan fingerprint density at radius 1 is 1.29 bits per heavy atom. The van der Waals surface area contributed by atoms with E-state index in [2.05, 4.69) is 0 Å². The molecule has 7 heteroatoms. The van der Waals surface area contributed by atoms with Crippen LogP contribution in [0.1, 0.15) is 30.4 Å². The second-order valence-electron chi connectivity index (χ2n) is 5.50. The molecule has 3 rings (SSSR count). The summed E-state index contributed by atoms with van der Waals surface area (Å²) in [7, 11) is -3.39. The van der Waals surface area contributed by atoms with Gasteiger partial charge in [-0.15, -0.1) is 0 Å². The predicted molar refractivity (Wildman–Crippen MR) is 79.8 cm³/mol. The second kappa shape index (κ2) is 5.58. The molecule has 1 aliphatic carbocycles. The third-order valence-electron chi connectivity index (χ3n) is 3.81. The molecule has 0 amide bonds. The highest BCUT2D eigenvalue weighted by atomic mass is 35.5. The summed E-state index contributed by atoms with van der Waals surface area (Å²) >= 11 is 5.98. The molecule has 1 heterocycles. The Labute approximate surface area is 129 Å². The van der Waals surface area contributed by atoms with Crippen LogP contribution >= 0.6 is 11.6 Å². The number of hydrogen-bond acceptors (Lipinski definition) is 3. The maximum Gasteiger partial charge on any atom is 0.282 e. The van der Waals surface area contributed by atoms with Crippen LogP contribution < -0.4 is 0 Å². The quantitative estimate of drug-likeness (QED) is 0.855. The number of nitrogens with zero attached hydrogens (tertiary/aromatic N) is 3. The van der Waals surface area contributed by atoms with Crippen molar-refractivity contribution in [2.75, 3.05) is 13.1 Å². The smallest absolute Gasteiger partial charge is 0.195 e. The van der Waals surface area contributed by atoms with E-state index in [4.69, 9.17) is 16.9 Å². The molecule has 1 aliphatic heterocycles. The van der Waals surface area contributed by atoms with Gasteiger partial charge in [0.05, 0.1) is 11.6 Å². The van der Waals surface area contributed by atoms with Gasteiger partial charge in [-0.05, 0) is 43.0 Å². The summed E-state index contributed by atoms with van der Waals surface area (Å²) in [6, 6.07) is 7.21. The first-order chi connectivity index (χ1) is 10.0. The minimum Gasteiger partial charge on any atom is -0.195 e. The Hall–Kier alpha value is -1.13. The van der Waals surface area contributed by atoms with E-state index in [1.807, 2.05) is 6.07 Å². The minimum atomic E-state index is -3.39. The molecule has 5 nitrogen and oxygen atoms in total. The highest BCUT2D eigenvalue weighted by Crippen LogP contribution is 2.33. The van der Waals surface area contributed by atoms with Gasteiger partial charge in [0.25, 0.3) is 10.2 Å². The van der Waals surface area contributed by atoms with E-state index in [9.17, 15) is 8.42 Å². The van der Waals surface area contributed by atoms with Crippen LogP contribution in [-0.4, -0.2) is 36.2 Å². The molecule has 2 fully saturated rings. The molecule has 1 saturated carbocycles. The highest BCUT2D eigenvalue weighted by molar-refractivity contribution is 7.86. The number of rotatable bonds is 3. The zero-order valence-corrected chi connectivity index (χ0v) is 13.1. The molecular formula is C14H16ClN3O2S. The lowest BCUT2D eigenvalue weighted by atomic mass is 10.1. The van der Waals surface area contributed by atoms with Crippen LogP contribution in [0.4, 0.5) is 0 Å². The number of halogens is 1. The standard InChI is InChI=1S/C14H16ClN3O2S/c15-13-7-11(9-16)6-12(8-13)10-17-4-1-5-18(14-2-3-14)21(17,19)20/h6-8,14H,1-5,10H2. The van der Waals surface area contributed by atoms with Crippen LogP contribution in [-0.2, 0) is 16.8 Å². The first kappa shape index (κ1) is 14.8. The fraction of sp³-hybridized carbons (Fsp3) is 0.500. The Bertz CT molecular complexity index is 695. The Morgan fingerprint density at radius 2 is 2.05 bits per heavy atom. The monoisotopic (exact) mass is 325 g/mol. The van der Waals surface area contributed by atoms with Crippen molar-refractivity contribution in [1.82, 2.24) is 8.61 Å². The van der Waals surface area contributed by atoms with Crippen LogP contribution in [0.2, 0.25) is 5.02 Å². The molecule has 0 radical (unpaired) electrons. The molecule has 0 aromatic heterocycles. The Balaban J connectivity index is 1.83. The first-order valence-corrected chi connectivity index (χ1v) is 8.74. The third kappa shape index (κ3) is 3.06. The summed E-state index contributed by atoms with van der Waals surface area (Å²) in [6.07, 6.45) is 2.76. The molecule has 0 N–H and O–H groups in total. The van der Waals surface area contributed by atoms with Crippen LogP contribution in [0, 0.1) is 11.3 Å². The van der Waals surface area contributed by atoms with Gasteiger partial charge in [-0.3, -0.25) is 0 Å². The van der Waals surface area contributed by atoms with Crippen molar-refractivity contribution in [2.45, 2.75) is 31.8 Å². The van der Waals surface area contributed by atoms with Crippen molar-refractivity contribution in [3.05, 3.63) is 34.3 Å². The molecule has 21 heavy (non-hydrogen) atoms. The van der Waals surface area contributed by atoms with Gasteiger partial charge in [-0.25, -0.2) is 0 Å². The second-order valence-corrected chi connectivity index (χ2v) is 7.81. The Morgan fingerprint density at radius 3 is 2.71 bits per heavy atom. The molecule has 0 unspecified atom stereocenters. The van der Waals surface area contributed by atoms with E-state index in [1.165, 1.54) is 4.31 Å². The van der Waals surface area contributed by atoms with Gasteiger partial charge in [0.1, 0.15) is 0 Å². The Kier molecular flexibility index (Phi) is 3.93. The van der Waals surface area contributed by atoms with E-state index in [1.54, 1.807) is 22.5 Å². The minimum absolute atomic E-state index is 0.187. The van der Waals surface area contributed by atoms with Gasteiger partial charge >= 0.3 is 0 Å².